The number of hydrogen-bond acceptors (Lipinski definition) is 4. The van der Waals surface area contributed by atoms with Gasteiger partial charge in [-0.15, -0.1) is 0 Å². The van der Waals surface area contributed by atoms with Gasteiger partial charge in [-0.2, -0.15) is 0 Å². The first kappa shape index (κ1) is 18.2. The molecule has 0 saturated heterocycles. The lowest BCUT2D eigenvalue weighted by Crippen LogP contribution is -2.35. The zero-order valence-electron chi connectivity index (χ0n) is 14.7. The van der Waals surface area contributed by atoms with Crippen molar-refractivity contribution < 1.29 is 14.7 Å². The van der Waals surface area contributed by atoms with Crippen molar-refractivity contribution in [1.82, 2.24) is 9.88 Å². The smallest absolute Gasteiger partial charge is 0.290 e. The molecule has 0 saturated carbocycles. The van der Waals surface area contributed by atoms with Crippen molar-refractivity contribution in [3.63, 3.8) is 0 Å². The van der Waals surface area contributed by atoms with Crippen molar-refractivity contribution in [2.75, 3.05) is 6.54 Å². The van der Waals surface area contributed by atoms with E-state index in [2.05, 4.69) is 18.8 Å². The lowest BCUT2D eigenvalue weighted by molar-refractivity contribution is -0.130. The van der Waals surface area contributed by atoms with Crippen LogP contribution in [0.1, 0.15) is 58.1 Å². The summed E-state index contributed by atoms with van der Waals surface area (Å²) in [6.45, 7) is 6.18. The lowest BCUT2D eigenvalue weighted by Gasteiger charge is -2.30. The van der Waals surface area contributed by atoms with E-state index in [0.29, 0.717) is 12.5 Å². The minimum absolute atomic E-state index is 0.179. The fourth-order valence-electron chi connectivity index (χ4n) is 3.28. The fraction of sp³-hybridized carbons (Fsp3) is 0.526. The molecule has 0 unspecified atom stereocenters. The summed E-state index contributed by atoms with van der Waals surface area (Å²) in [4.78, 5) is 30.4. The first-order valence-corrected chi connectivity index (χ1v) is 8.66. The Morgan fingerprint density at radius 3 is 2.71 bits per heavy atom. The van der Waals surface area contributed by atoms with Crippen LogP contribution in [0.3, 0.4) is 0 Å². The maximum atomic E-state index is 12.6. The average molecular weight is 330 g/mol. The quantitative estimate of drug-likeness (QED) is 0.791. The van der Waals surface area contributed by atoms with Crippen LogP contribution in [-0.2, 0) is 9.59 Å². The molecule has 0 fully saturated rings. The van der Waals surface area contributed by atoms with Crippen molar-refractivity contribution in [2.45, 2.75) is 52.5 Å². The van der Waals surface area contributed by atoms with Crippen molar-refractivity contribution in [3.05, 3.63) is 41.4 Å². The van der Waals surface area contributed by atoms with Crippen LogP contribution < -0.4 is 0 Å². The van der Waals surface area contributed by atoms with Gasteiger partial charge >= 0.3 is 0 Å². The van der Waals surface area contributed by atoms with E-state index < -0.39 is 17.7 Å². The Bertz CT molecular complexity index is 625. The van der Waals surface area contributed by atoms with Gasteiger partial charge in [0.15, 0.2) is 11.5 Å². The Morgan fingerprint density at radius 1 is 1.42 bits per heavy atom. The minimum Gasteiger partial charge on any atom is -0.503 e. The number of aliphatic hydroxyl groups excluding tert-OH is 1. The second-order valence-corrected chi connectivity index (χ2v) is 6.38. The van der Waals surface area contributed by atoms with Gasteiger partial charge in [0, 0.05) is 18.9 Å². The van der Waals surface area contributed by atoms with Gasteiger partial charge in [-0.25, -0.2) is 0 Å². The molecule has 2 heterocycles. The van der Waals surface area contributed by atoms with Crippen molar-refractivity contribution in [3.8, 4) is 0 Å². The first-order valence-electron chi connectivity index (χ1n) is 8.66. The van der Waals surface area contributed by atoms with Crippen LogP contribution in [0.15, 0.2) is 35.9 Å². The molecule has 5 nitrogen and oxygen atoms in total. The standard InChI is InChI=1S/C19H26N2O3/c1-4-6-8-14(5-2)12-21-17(15-9-7-10-20-11-15)16(13(3)22)18(23)19(21)24/h7,9-11,14,17,23H,4-6,8,12H2,1-3H3/t14-,17-/m0/s1. The van der Waals surface area contributed by atoms with E-state index in [9.17, 15) is 14.7 Å². The number of aliphatic hydroxyl groups is 1. The van der Waals surface area contributed by atoms with E-state index in [4.69, 9.17) is 0 Å². The molecule has 0 bridgehead atoms. The fourth-order valence-corrected chi connectivity index (χ4v) is 3.28. The molecule has 0 radical (unpaired) electrons. The number of carbonyl (C=O) groups is 2. The number of hydrogen-bond donors (Lipinski definition) is 1. The van der Waals surface area contributed by atoms with Gasteiger partial charge in [-0.05, 0) is 30.9 Å². The summed E-state index contributed by atoms with van der Waals surface area (Å²) < 4.78 is 0. The van der Waals surface area contributed by atoms with Crippen LogP contribution in [0.2, 0.25) is 0 Å². The molecule has 1 aromatic heterocycles. The molecule has 0 aromatic carbocycles. The second-order valence-electron chi connectivity index (χ2n) is 6.38. The SMILES string of the molecule is CCCC[C@H](CC)CN1C(=O)C(O)=C(C(C)=O)[C@@H]1c1cccnc1. The summed E-state index contributed by atoms with van der Waals surface area (Å²) >= 11 is 0. The molecule has 1 aliphatic rings. The number of Topliss-reactive ketones (excluding diaryl/α,β-unsaturated/α-hetero) is 1. The Morgan fingerprint density at radius 2 is 2.17 bits per heavy atom. The van der Waals surface area contributed by atoms with Gasteiger partial charge in [-0.3, -0.25) is 14.6 Å². The normalized spacial score (nSPS) is 19.0. The van der Waals surface area contributed by atoms with Gasteiger partial charge in [0.05, 0.1) is 11.6 Å². The zero-order chi connectivity index (χ0) is 17.7. The van der Waals surface area contributed by atoms with Crippen LogP contribution in [0.5, 0.6) is 0 Å². The summed E-state index contributed by atoms with van der Waals surface area (Å²) in [6, 6.07) is 3.07. The largest absolute Gasteiger partial charge is 0.503 e. The molecule has 130 valence electrons. The number of unbranched alkanes of at least 4 members (excludes halogenated alkanes) is 1. The van der Waals surface area contributed by atoms with Gasteiger partial charge in [0.2, 0.25) is 0 Å². The molecule has 2 rings (SSSR count). The highest BCUT2D eigenvalue weighted by Crippen LogP contribution is 2.38. The summed E-state index contributed by atoms with van der Waals surface area (Å²) in [6.07, 6.45) is 7.51. The third-order valence-electron chi connectivity index (χ3n) is 4.68. The Hall–Kier alpha value is -2.17. The number of nitrogens with zero attached hydrogens (tertiary/aromatic N) is 2. The van der Waals surface area contributed by atoms with Crippen LogP contribution in [0.25, 0.3) is 0 Å². The van der Waals surface area contributed by atoms with E-state index in [-0.39, 0.29) is 11.4 Å². The van der Waals surface area contributed by atoms with E-state index >= 15 is 0 Å². The molecular formula is C19H26N2O3. The number of carbonyl (C=O) groups excluding carboxylic acids is 2. The molecule has 0 aliphatic carbocycles. The summed E-state index contributed by atoms with van der Waals surface area (Å²) in [5.41, 5.74) is 0.934. The van der Waals surface area contributed by atoms with Crippen molar-refractivity contribution >= 4 is 11.7 Å². The number of amides is 1. The highest BCUT2D eigenvalue weighted by Gasteiger charge is 2.42. The minimum atomic E-state index is -0.542. The van der Waals surface area contributed by atoms with Crippen LogP contribution in [-0.4, -0.2) is 33.2 Å². The number of ketones is 1. The van der Waals surface area contributed by atoms with Crippen molar-refractivity contribution in [2.24, 2.45) is 5.92 Å². The first-order chi connectivity index (χ1) is 11.5. The maximum Gasteiger partial charge on any atom is 0.290 e. The predicted octanol–water partition coefficient (Wildman–Crippen LogP) is 3.58. The highest BCUT2D eigenvalue weighted by molar-refractivity contribution is 6.08. The molecule has 0 spiro atoms. The molecule has 1 N–H and O–H groups in total. The molecule has 1 aliphatic heterocycles. The molecule has 1 amide bonds. The molecule has 24 heavy (non-hydrogen) atoms. The van der Waals surface area contributed by atoms with Gasteiger partial charge in [0.25, 0.3) is 5.91 Å². The van der Waals surface area contributed by atoms with Crippen LogP contribution in [0, 0.1) is 5.92 Å². The third-order valence-corrected chi connectivity index (χ3v) is 4.68. The monoisotopic (exact) mass is 330 g/mol. The van der Waals surface area contributed by atoms with E-state index in [1.807, 2.05) is 6.07 Å². The maximum absolute atomic E-state index is 12.6. The summed E-state index contributed by atoms with van der Waals surface area (Å²) in [5.74, 6) is -0.795. The summed E-state index contributed by atoms with van der Waals surface area (Å²) in [5, 5.41) is 10.2. The van der Waals surface area contributed by atoms with Gasteiger partial charge in [-0.1, -0.05) is 39.2 Å². The number of pyridine rings is 1. The number of rotatable bonds is 8. The molecule has 1 aromatic rings. The molecule has 2 atom stereocenters. The third kappa shape index (κ3) is 3.66. The molecule has 5 heteroatoms. The average Bonchev–Trinajstić information content (AvgIpc) is 2.84. The van der Waals surface area contributed by atoms with Crippen LogP contribution >= 0.6 is 0 Å². The predicted molar refractivity (Wildman–Crippen MR) is 92.3 cm³/mol. The van der Waals surface area contributed by atoms with Crippen molar-refractivity contribution in [1.29, 1.82) is 0 Å². The topological polar surface area (TPSA) is 70.5 Å². The Balaban J connectivity index is 2.35. The number of aromatic nitrogens is 1. The molecular weight excluding hydrogens is 304 g/mol. The summed E-state index contributed by atoms with van der Waals surface area (Å²) in [7, 11) is 0. The highest BCUT2D eigenvalue weighted by atomic mass is 16.3. The second kappa shape index (κ2) is 8.08. The van der Waals surface area contributed by atoms with E-state index in [1.54, 1.807) is 23.4 Å². The van der Waals surface area contributed by atoms with Gasteiger partial charge in [0.1, 0.15) is 0 Å². The zero-order valence-corrected chi connectivity index (χ0v) is 14.7. The van der Waals surface area contributed by atoms with Crippen LogP contribution in [0.4, 0.5) is 0 Å². The van der Waals surface area contributed by atoms with Gasteiger partial charge < -0.3 is 10.0 Å². The lowest BCUT2D eigenvalue weighted by atomic mass is 9.95. The Kier molecular flexibility index (Phi) is 6.12. The van der Waals surface area contributed by atoms with E-state index in [0.717, 1.165) is 31.2 Å². The van der Waals surface area contributed by atoms with E-state index in [1.165, 1.54) is 6.92 Å². The Labute approximate surface area is 143 Å².